The molecule has 0 unspecified atom stereocenters. The molecular formula is C42H34Cl2N2SiZr-2. The number of nitrogens with zero attached hydrogens (tertiary/aromatic N) is 2. The maximum atomic E-state index is 4.41. The summed E-state index contributed by atoms with van der Waals surface area (Å²) in [7, 11) is 0. The van der Waals surface area contributed by atoms with Crippen molar-refractivity contribution in [3.05, 3.63) is 181 Å². The Kier molecular flexibility index (Phi) is 13.8. The van der Waals surface area contributed by atoms with Crippen LogP contribution >= 0.6 is 0 Å². The Balaban J connectivity index is 0.000000160. The van der Waals surface area contributed by atoms with E-state index in [-0.39, 0.29) is 24.8 Å². The van der Waals surface area contributed by atoms with E-state index in [9.17, 15) is 0 Å². The van der Waals surface area contributed by atoms with Crippen LogP contribution < -0.4 is 35.2 Å². The maximum absolute atomic E-state index is 4.41. The second kappa shape index (κ2) is 18.0. The molecule has 0 saturated heterocycles. The Morgan fingerprint density at radius 1 is 0.479 bits per heavy atom. The molecule has 8 rings (SSSR count). The predicted octanol–water partition coefficient (Wildman–Crippen LogP) is 3.21. The minimum absolute atomic E-state index is 0. The summed E-state index contributed by atoms with van der Waals surface area (Å²) in [5, 5.41) is 8.20. The summed E-state index contributed by atoms with van der Waals surface area (Å²) in [6.07, 6.45) is 3.67. The first kappa shape index (κ1) is 36.9. The number of hydrogen-bond donors (Lipinski definition) is 0. The molecule has 0 radical (unpaired) electrons. The summed E-state index contributed by atoms with van der Waals surface area (Å²) in [5.41, 5.74) is 6.66. The fourth-order valence-electron chi connectivity index (χ4n) is 5.64. The summed E-state index contributed by atoms with van der Waals surface area (Å²) in [6.45, 7) is 4.25. The summed E-state index contributed by atoms with van der Waals surface area (Å²) < 4.78 is 0. The topological polar surface area (TPSA) is 25.8 Å². The molecule has 0 aliphatic heterocycles. The zero-order valence-corrected chi connectivity index (χ0v) is 31.8. The third-order valence-electron chi connectivity index (χ3n) is 7.80. The minimum atomic E-state index is -0.455. The molecule has 8 aromatic rings. The average Bonchev–Trinajstić information content (AvgIpc) is 3.70. The Bertz CT molecular complexity index is 2020. The van der Waals surface area contributed by atoms with Gasteiger partial charge in [0.1, 0.15) is 0 Å². The monoisotopic (exact) mass is 754 g/mol. The molecule has 0 N–H and O–H groups in total. The van der Waals surface area contributed by atoms with Crippen molar-refractivity contribution in [1.82, 2.24) is 9.97 Å². The fraction of sp³-hybridized carbons (Fsp3) is 0.0476. The quantitative estimate of drug-likeness (QED) is 0.204. The molecule has 236 valence electrons. The van der Waals surface area contributed by atoms with Crippen LogP contribution in [0.15, 0.2) is 170 Å². The van der Waals surface area contributed by atoms with Gasteiger partial charge < -0.3 is 24.8 Å². The Morgan fingerprint density at radius 3 is 1.25 bits per heavy atom. The van der Waals surface area contributed by atoms with Crippen molar-refractivity contribution in [1.29, 1.82) is 0 Å². The first-order chi connectivity index (χ1) is 22.6. The number of fused-ring (bicyclic) bond motifs is 2. The predicted molar refractivity (Wildman–Crippen MR) is 193 cm³/mol. The second-order valence-electron chi connectivity index (χ2n) is 11.2. The van der Waals surface area contributed by atoms with E-state index < -0.39 is 5.43 Å². The molecule has 0 aliphatic rings. The van der Waals surface area contributed by atoms with Gasteiger partial charge in [0.05, 0.1) is 11.4 Å². The van der Waals surface area contributed by atoms with E-state index in [1.54, 1.807) is 23.3 Å². The van der Waals surface area contributed by atoms with Gasteiger partial charge in [0, 0.05) is 12.4 Å². The van der Waals surface area contributed by atoms with Gasteiger partial charge in [-0.2, -0.15) is 12.1 Å². The molecule has 0 spiro atoms. The van der Waals surface area contributed by atoms with Crippen LogP contribution in [-0.4, -0.2) is 15.4 Å². The van der Waals surface area contributed by atoms with Crippen molar-refractivity contribution in [2.24, 2.45) is 0 Å². The van der Waals surface area contributed by atoms with Crippen molar-refractivity contribution >= 4 is 37.4 Å². The van der Waals surface area contributed by atoms with E-state index in [0.717, 1.165) is 11.4 Å². The molecule has 2 aromatic heterocycles. The number of aryl methyl sites for hydroxylation is 2. The van der Waals surface area contributed by atoms with E-state index >= 15 is 0 Å². The number of aromatic nitrogens is 2. The van der Waals surface area contributed by atoms with Crippen LogP contribution in [0.2, 0.25) is 0 Å². The zero-order chi connectivity index (χ0) is 31.7. The van der Waals surface area contributed by atoms with Crippen molar-refractivity contribution in [2.45, 2.75) is 13.8 Å². The van der Waals surface area contributed by atoms with Crippen LogP contribution in [0.1, 0.15) is 11.1 Å². The molecule has 6 heteroatoms. The normalized spacial score (nSPS) is 10.1. The second-order valence-corrected chi connectivity index (χ2v) is 16.8. The van der Waals surface area contributed by atoms with Gasteiger partial charge in [0.25, 0.3) is 0 Å². The molecule has 0 saturated carbocycles. The van der Waals surface area contributed by atoms with Crippen LogP contribution in [0.3, 0.4) is 0 Å². The summed E-state index contributed by atoms with van der Waals surface area (Å²) in [5.74, 6) is 0. The third kappa shape index (κ3) is 9.15. The summed E-state index contributed by atoms with van der Waals surface area (Å²) in [4.78, 5) is 8.82. The average molecular weight is 757 g/mol. The van der Waals surface area contributed by atoms with Gasteiger partial charge >= 0.3 is 99.8 Å². The van der Waals surface area contributed by atoms with Gasteiger partial charge in [-0.25, -0.2) is 0 Å². The van der Waals surface area contributed by atoms with Crippen LogP contribution in [-0.2, 0) is 23.3 Å². The van der Waals surface area contributed by atoms with Gasteiger partial charge in [-0.1, -0.05) is 38.1 Å². The van der Waals surface area contributed by atoms with E-state index in [1.165, 1.54) is 54.2 Å². The van der Waals surface area contributed by atoms with Gasteiger partial charge in [0.15, 0.2) is 0 Å². The van der Waals surface area contributed by atoms with E-state index in [4.69, 9.17) is 0 Å². The van der Waals surface area contributed by atoms with Crippen LogP contribution in [0.5, 0.6) is 0 Å². The SMILES string of the molecule is Cc1cc2c(-c3ccccn3)cccc2[cH-]1.Cc1cc2c(-c3ccccn3)cccc2[cH-]1.[Cl-].[Cl-].[Zr+2]=[Si](c1ccccc1)c1ccccc1. The summed E-state index contributed by atoms with van der Waals surface area (Å²) >= 11 is 1.64. The molecule has 2 nitrogen and oxygen atoms in total. The Hall–Kier alpha value is -3.92. The molecular weight excluding hydrogens is 723 g/mol. The van der Waals surface area contributed by atoms with Crippen LogP contribution in [0.25, 0.3) is 44.1 Å². The van der Waals surface area contributed by atoms with E-state index in [2.05, 4.69) is 157 Å². The van der Waals surface area contributed by atoms with Gasteiger partial charge in [-0.3, -0.25) is 9.97 Å². The Morgan fingerprint density at radius 2 is 0.875 bits per heavy atom. The molecule has 0 fully saturated rings. The first-order valence-electron chi connectivity index (χ1n) is 15.4. The number of halogens is 2. The number of benzene rings is 4. The molecule has 48 heavy (non-hydrogen) atoms. The zero-order valence-electron chi connectivity index (χ0n) is 26.8. The number of rotatable bonds is 4. The van der Waals surface area contributed by atoms with Crippen molar-refractivity contribution in [3.8, 4) is 22.5 Å². The number of hydrogen-bond acceptors (Lipinski definition) is 2. The van der Waals surface area contributed by atoms with Crippen molar-refractivity contribution in [2.75, 3.05) is 0 Å². The van der Waals surface area contributed by atoms with Gasteiger partial charge in [-0.15, -0.1) is 69.1 Å². The number of pyridine rings is 2. The van der Waals surface area contributed by atoms with Crippen LogP contribution in [0.4, 0.5) is 0 Å². The summed E-state index contributed by atoms with van der Waals surface area (Å²) in [6, 6.07) is 55.3. The van der Waals surface area contributed by atoms with Gasteiger partial charge in [0.2, 0.25) is 0 Å². The van der Waals surface area contributed by atoms with E-state index in [0.29, 0.717) is 0 Å². The molecule has 0 aliphatic carbocycles. The first-order valence-corrected chi connectivity index (χ1v) is 20.6. The molecule has 2 heterocycles. The standard InChI is InChI=1S/2C15H12N.C12H10Si.2ClH.Zr/c2*1-11-9-12-5-4-6-13(14(12)10-11)15-7-2-3-8-16-15;1-3-7-11(8-4-1)13-12-9-5-2-6-10-12;;;/h2*2-10H,1H3;1-10H;2*1H;/q2*-1;;;;+2/p-2. The fourth-order valence-corrected chi connectivity index (χ4v) is 9.48. The van der Waals surface area contributed by atoms with Crippen molar-refractivity contribution in [3.63, 3.8) is 0 Å². The van der Waals surface area contributed by atoms with Gasteiger partial charge in [-0.05, 0) is 35.4 Å². The van der Waals surface area contributed by atoms with E-state index in [1.807, 2.05) is 36.7 Å². The van der Waals surface area contributed by atoms with Crippen molar-refractivity contribution < 1.29 is 48.1 Å². The molecule has 0 atom stereocenters. The molecule has 6 aromatic carbocycles. The third-order valence-corrected chi connectivity index (χ3v) is 13.9. The Labute approximate surface area is 310 Å². The molecule has 0 amide bonds. The molecule has 0 bridgehead atoms. The van der Waals surface area contributed by atoms with Crippen LogP contribution in [0, 0.1) is 13.8 Å².